The first-order chi connectivity index (χ1) is 14.3. The van der Waals surface area contributed by atoms with Crippen LogP contribution in [0, 0.1) is 23.3 Å². The summed E-state index contributed by atoms with van der Waals surface area (Å²) in [5, 5.41) is 4.14. The molecule has 0 aliphatic carbocycles. The molecule has 0 heterocycles. The summed E-state index contributed by atoms with van der Waals surface area (Å²) >= 11 is 0. The summed E-state index contributed by atoms with van der Waals surface area (Å²) in [5.74, 6) is -3.33. The average Bonchev–Trinajstić information content (AvgIpc) is 2.74. The molecule has 0 unspecified atom stereocenters. The molecule has 0 aliphatic heterocycles. The molecular formula is C24H26F4N2+2. The monoisotopic (exact) mass is 418 g/mol. The Morgan fingerprint density at radius 1 is 0.567 bits per heavy atom. The molecule has 0 radical (unpaired) electrons. The Labute approximate surface area is 173 Å². The van der Waals surface area contributed by atoms with Gasteiger partial charge in [0.15, 0.2) is 23.3 Å². The van der Waals surface area contributed by atoms with Gasteiger partial charge in [0.2, 0.25) is 0 Å². The van der Waals surface area contributed by atoms with E-state index in [1.54, 1.807) is 12.1 Å². The van der Waals surface area contributed by atoms with Crippen molar-refractivity contribution in [2.75, 3.05) is 0 Å². The zero-order chi connectivity index (χ0) is 21.7. The zero-order valence-corrected chi connectivity index (χ0v) is 17.0. The molecule has 0 saturated carbocycles. The maximum Gasteiger partial charge on any atom is 0.159 e. The number of benzene rings is 3. The van der Waals surface area contributed by atoms with Crippen molar-refractivity contribution in [1.29, 1.82) is 0 Å². The Morgan fingerprint density at radius 2 is 0.933 bits per heavy atom. The van der Waals surface area contributed by atoms with Crippen LogP contribution in [0.4, 0.5) is 17.6 Å². The van der Waals surface area contributed by atoms with Crippen LogP contribution < -0.4 is 10.6 Å². The summed E-state index contributed by atoms with van der Waals surface area (Å²) < 4.78 is 52.9. The lowest BCUT2D eigenvalue weighted by atomic mass is 10.1. The van der Waals surface area contributed by atoms with Crippen LogP contribution in [0.15, 0.2) is 60.7 Å². The second kappa shape index (κ2) is 9.87. The summed E-state index contributed by atoms with van der Waals surface area (Å²) in [7, 11) is 0. The summed E-state index contributed by atoms with van der Waals surface area (Å²) in [4.78, 5) is 0. The number of halogens is 4. The molecule has 4 N–H and O–H groups in total. The molecule has 0 bridgehead atoms. The average molecular weight is 418 g/mol. The molecule has 0 spiro atoms. The maximum absolute atomic E-state index is 13.4. The van der Waals surface area contributed by atoms with Gasteiger partial charge in [-0.25, -0.2) is 17.6 Å². The molecule has 0 saturated heterocycles. The Bertz CT molecular complexity index is 908. The van der Waals surface area contributed by atoms with Crippen LogP contribution in [0.5, 0.6) is 0 Å². The quantitative estimate of drug-likeness (QED) is 0.521. The molecule has 0 fully saturated rings. The molecule has 2 nitrogen and oxygen atoms in total. The number of hydrogen-bond acceptors (Lipinski definition) is 0. The van der Waals surface area contributed by atoms with Crippen LogP contribution in [-0.2, 0) is 13.1 Å². The van der Waals surface area contributed by atoms with Gasteiger partial charge in [-0.1, -0.05) is 24.3 Å². The molecule has 3 aromatic rings. The molecule has 0 aliphatic rings. The first kappa shape index (κ1) is 22.0. The van der Waals surface area contributed by atoms with Crippen molar-refractivity contribution in [2.24, 2.45) is 0 Å². The zero-order valence-electron chi connectivity index (χ0n) is 17.0. The van der Waals surface area contributed by atoms with Gasteiger partial charge in [-0.05, 0) is 50.2 Å². The van der Waals surface area contributed by atoms with E-state index in [4.69, 9.17) is 0 Å². The second-order valence-corrected chi connectivity index (χ2v) is 7.62. The predicted molar refractivity (Wildman–Crippen MR) is 107 cm³/mol. The molecule has 0 aromatic heterocycles. The van der Waals surface area contributed by atoms with Crippen molar-refractivity contribution in [2.45, 2.75) is 39.0 Å². The molecule has 6 heteroatoms. The maximum atomic E-state index is 13.4. The first-order valence-corrected chi connectivity index (χ1v) is 9.98. The van der Waals surface area contributed by atoms with Crippen molar-refractivity contribution < 1.29 is 28.2 Å². The Kier molecular flexibility index (Phi) is 7.24. The van der Waals surface area contributed by atoms with Crippen LogP contribution >= 0.6 is 0 Å². The standard InChI is InChI=1S/C24H24F4N2/c1-15(19-7-9-21(25)23(27)11-19)29-13-17-3-5-18(6-4-17)14-30-16(2)20-8-10-22(26)24(28)12-20/h3-12,15-16,29-30H,13-14H2,1-2H3/p+2/t15-,16+. The highest BCUT2D eigenvalue weighted by Crippen LogP contribution is 2.15. The Hall–Kier alpha value is -2.70. The summed E-state index contributed by atoms with van der Waals surface area (Å²) in [5.41, 5.74) is 3.74. The minimum Gasteiger partial charge on any atom is -0.337 e. The van der Waals surface area contributed by atoms with Crippen LogP contribution in [-0.4, -0.2) is 0 Å². The number of rotatable bonds is 8. The SMILES string of the molecule is C[C@H]([NH2+]Cc1ccc(C[NH2+][C@H](C)c2ccc(F)c(F)c2)cc1)c1ccc(F)c(F)c1. The largest absolute Gasteiger partial charge is 0.337 e. The van der Waals surface area contributed by atoms with E-state index >= 15 is 0 Å². The van der Waals surface area contributed by atoms with Crippen LogP contribution in [0.25, 0.3) is 0 Å². The number of hydrogen-bond donors (Lipinski definition) is 2. The fraction of sp³-hybridized carbons (Fsp3) is 0.250. The van der Waals surface area contributed by atoms with E-state index in [1.807, 2.05) is 38.1 Å². The number of quaternary nitrogens is 2. The van der Waals surface area contributed by atoms with Gasteiger partial charge in [0.1, 0.15) is 25.2 Å². The van der Waals surface area contributed by atoms with E-state index in [2.05, 4.69) is 10.6 Å². The van der Waals surface area contributed by atoms with Crippen molar-refractivity contribution in [3.63, 3.8) is 0 Å². The van der Waals surface area contributed by atoms with Gasteiger partial charge in [-0.3, -0.25) is 0 Å². The highest BCUT2D eigenvalue weighted by Gasteiger charge is 2.13. The Balaban J connectivity index is 1.50. The smallest absolute Gasteiger partial charge is 0.159 e. The lowest BCUT2D eigenvalue weighted by Crippen LogP contribution is -2.83. The van der Waals surface area contributed by atoms with E-state index in [0.717, 1.165) is 47.5 Å². The molecule has 3 aromatic carbocycles. The highest BCUT2D eigenvalue weighted by molar-refractivity contribution is 5.22. The third-order valence-electron chi connectivity index (χ3n) is 5.38. The third-order valence-corrected chi connectivity index (χ3v) is 5.38. The van der Waals surface area contributed by atoms with Crippen LogP contribution in [0.1, 0.15) is 48.2 Å². The van der Waals surface area contributed by atoms with Crippen molar-refractivity contribution >= 4 is 0 Å². The summed E-state index contributed by atoms with van der Waals surface area (Å²) in [6.07, 6.45) is 0. The first-order valence-electron chi connectivity index (χ1n) is 9.98. The van der Waals surface area contributed by atoms with Gasteiger partial charge in [0.25, 0.3) is 0 Å². The number of nitrogens with two attached hydrogens (primary N) is 2. The highest BCUT2D eigenvalue weighted by atomic mass is 19.2. The van der Waals surface area contributed by atoms with Crippen LogP contribution in [0.3, 0.4) is 0 Å². The van der Waals surface area contributed by atoms with Gasteiger partial charge in [-0.2, -0.15) is 0 Å². The summed E-state index contributed by atoms with van der Waals surface area (Å²) in [6, 6.07) is 16.2. The normalized spacial score (nSPS) is 13.3. The minimum absolute atomic E-state index is 0.00469. The molecule has 158 valence electrons. The van der Waals surface area contributed by atoms with Crippen molar-refractivity contribution in [3.05, 3.63) is 106 Å². The fourth-order valence-electron chi connectivity index (χ4n) is 3.30. The Morgan fingerprint density at radius 3 is 1.27 bits per heavy atom. The van der Waals surface area contributed by atoms with Gasteiger partial charge < -0.3 is 10.6 Å². The molecule has 2 atom stereocenters. The van der Waals surface area contributed by atoms with E-state index < -0.39 is 23.3 Å². The molecule has 0 amide bonds. The lowest BCUT2D eigenvalue weighted by molar-refractivity contribution is -0.708. The van der Waals surface area contributed by atoms with Gasteiger partial charge in [0.05, 0.1) is 0 Å². The summed E-state index contributed by atoms with van der Waals surface area (Å²) in [6.45, 7) is 5.34. The lowest BCUT2D eigenvalue weighted by Gasteiger charge is -2.13. The van der Waals surface area contributed by atoms with Gasteiger partial charge in [0, 0.05) is 22.3 Å². The van der Waals surface area contributed by atoms with E-state index in [-0.39, 0.29) is 12.1 Å². The van der Waals surface area contributed by atoms with Gasteiger partial charge >= 0.3 is 0 Å². The molecule has 3 rings (SSSR count). The van der Waals surface area contributed by atoms with Crippen molar-refractivity contribution in [3.8, 4) is 0 Å². The molecular weight excluding hydrogens is 392 g/mol. The van der Waals surface area contributed by atoms with Crippen LogP contribution in [0.2, 0.25) is 0 Å². The van der Waals surface area contributed by atoms with E-state index in [0.29, 0.717) is 0 Å². The van der Waals surface area contributed by atoms with Gasteiger partial charge in [-0.15, -0.1) is 0 Å². The van der Waals surface area contributed by atoms with E-state index in [9.17, 15) is 17.6 Å². The third kappa shape index (κ3) is 5.68. The van der Waals surface area contributed by atoms with E-state index in [1.165, 1.54) is 12.1 Å². The van der Waals surface area contributed by atoms with Crippen molar-refractivity contribution in [1.82, 2.24) is 0 Å². The fourth-order valence-corrected chi connectivity index (χ4v) is 3.30. The minimum atomic E-state index is -0.836. The topological polar surface area (TPSA) is 33.2 Å². The second-order valence-electron chi connectivity index (χ2n) is 7.62. The molecule has 30 heavy (non-hydrogen) atoms. The predicted octanol–water partition coefficient (Wildman–Crippen LogP) is 3.89.